The normalized spacial score (nSPS) is 16.9. The fraction of sp³-hybridized carbons (Fsp3) is 0.920. The van der Waals surface area contributed by atoms with Crippen molar-refractivity contribution < 1.29 is 0 Å². The standard InChI is InChI=1S/C25H50N2/c1-5-7-8-9-10-11-12-13-14-15-16-17-18-19-20-21-27-23-22-26(6-2)25(27)24(3)4/h22-25H,5-21H2,1-4H3. The number of nitrogens with zero attached hydrogens (tertiary/aromatic N) is 2. The Bertz CT molecular complexity index is 350. The molecular weight excluding hydrogens is 328 g/mol. The fourth-order valence-electron chi connectivity index (χ4n) is 4.47. The monoisotopic (exact) mass is 378 g/mol. The topological polar surface area (TPSA) is 6.48 Å². The second kappa shape index (κ2) is 16.3. The molecule has 0 aliphatic carbocycles. The minimum Gasteiger partial charge on any atom is -0.356 e. The van der Waals surface area contributed by atoms with E-state index in [1.165, 1.54) is 103 Å². The van der Waals surface area contributed by atoms with Gasteiger partial charge in [0.25, 0.3) is 0 Å². The van der Waals surface area contributed by atoms with Crippen LogP contribution in [0.1, 0.15) is 124 Å². The molecule has 160 valence electrons. The van der Waals surface area contributed by atoms with Crippen LogP contribution in [0.15, 0.2) is 12.4 Å². The van der Waals surface area contributed by atoms with Gasteiger partial charge in [-0.05, 0) is 19.3 Å². The second-order valence-corrected chi connectivity index (χ2v) is 8.97. The quantitative estimate of drug-likeness (QED) is 0.223. The number of unbranched alkanes of at least 4 members (excludes halogenated alkanes) is 14. The van der Waals surface area contributed by atoms with Gasteiger partial charge in [-0.25, -0.2) is 0 Å². The predicted octanol–water partition coefficient (Wildman–Crippen LogP) is 7.95. The predicted molar refractivity (Wildman–Crippen MR) is 122 cm³/mol. The first-order valence-corrected chi connectivity index (χ1v) is 12.4. The number of hydrogen-bond acceptors (Lipinski definition) is 2. The van der Waals surface area contributed by atoms with E-state index in [0.717, 1.165) is 6.54 Å². The SMILES string of the molecule is CCCCCCCCCCCCCCCCCN1C=CN(CC)C1C(C)C. The molecule has 0 radical (unpaired) electrons. The summed E-state index contributed by atoms with van der Waals surface area (Å²) >= 11 is 0. The molecule has 1 atom stereocenters. The van der Waals surface area contributed by atoms with Crippen molar-refractivity contribution in [3.8, 4) is 0 Å². The van der Waals surface area contributed by atoms with Gasteiger partial charge >= 0.3 is 0 Å². The average Bonchev–Trinajstić information content (AvgIpc) is 3.08. The summed E-state index contributed by atoms with van der Waals surface area (Å²) in [6, 6.07) is 0. The van der Waals surface area contributed by atoms with Gasteiger partial charge in [0.1, 0.15) is 6.17 Å². The highest BCUT2D eigenvalue weighted by Gasteiger charge is 2.27. The molecule has 0 amide bonds. The summed E-state index contributed by atoms with van der Waals surface area (Å²) in [6.45, 7) is 11.6. The zero-order chi connectivity index (χ0) is 19.7. The maximum atomic E-state index is 2.57. The van der Waals surface area contributed by atoms with Crippen LogP contribution in [-0.2, 0) is 0 Å². The Labute approximate surface area is 171 Å². The summed E-state index contributed by atoms with van der Waals surface area (Å²) in [6.07, 6.45) is 26.8. The maximum absolute atomic E-state index is 2.57. The van der Waals surface area contributed by atoms with Crippen LogP contribution < -0.4 is 0 Å². The highest BCUT2D eigenvalue weighted by atomic mass is 15.4. The lowest BCUT2D eigenvalue weighted by Crippen LogP contribution is -2.42. The van der Waals surface area contributed by atoms with E-state index in [1.807, 2.05) is 0 Å². The van der Waals surface area contributed by atoms with Gasteiger partial charge in [-0.1, -0.05) is 111 Å². The average molecular weight is 379 g/mol. The van der Waals surface area contributed by atoms with Crippen molar-refractivity contribution in [2.75, 3.05) is 13.1 Å². The van der Waals surface area contributed by atoms with Crippen molar-refractivity contribution in [3.05, 3.63) is 12.4 Å². The lowest BCUT2D eigenvalue weighted by molar-refractivity contribution is 0.110. The van der Waals surface area contributed by atoms with Gasteiger partial charge in [-0.2, -0.15) is 0 Å². The molecule has 1 heterocycles. The first-order chi connectivity index (χ1) is 13.2. The molecule has 0 N–H and O–H groups in total. The molecule has 0 aromatic heterocycles. The van der Waals surface area contributed by atoms with Crippen molar-refractivity contribution in [1.82, 2.24) is 9.80 Å². The van der Waals surface area contributed by atoms with E-state index >= 15 is 0 Å². The Kier molecular flexibility index (Phi) is 14.7. The van der Waals surface area contributed by atoms with E-state index in [1.54, 1.807) is 0 Å². The van der Waals surface area contributed by atoms with Crippen LogP contribution in [0.3, 0.4) is 0 Å². The van der Waals surface area contributed by atoms with Gasteiger partial charge in [0.05, 0.1) is 0 Å². The molecule has 0 saturated carbocycles. The van der Waals surface area contributed by atoms with Crippen LogP contribution in [0.2, 0.25) is 0 Å². The third-order valence-corrected chi connectivity index (χ3v) is 6.11. The molecule has 1 unspecified atom stereocenters. The van der Waals surface area contributed by atoms with Gasteiger partial charge in [0.15, 0.2) is 0 Å². The van der Waals surface area contributed by atoms with E-state index in [-0.39, 0.29) is 0 Å². The lowest BCUT2D eigenvalue weighted by atomic mass is 10.0. The smallest absolute Gasteiger partial charge is 0.103 e. The first kappa shape index (κ1) is 24.4. The van der Waals surface area contributed by atoms with Crippen LogP contribution in [0.25, 0.3) is 0 Å². The Balaban J connectivity index is 1.86. The molecule has 0 aromatic rings. The maximum Gasteiger partial charge on any atom is 0.103 e. The minimum absolute atomic E-state index is 0.585. The van der Waals surface area contributed by atoms with E-state index in [4.69, 9.17) is 0 Å². The molecule has 1 aliphatic heterocycles. The Morgan fingerprint density at radius 3 is 1.41 bits per heavy atom. The van der Waals surface area contributed by atoms with Gasteiger partial charge in [-0.3, -0.25) is 0 Å². The van der Waals surface area contributed by atoms with Crippen molar-refractivity contribution in [3.63, 3.8) is 0 Å². The molecule has 1 rings (SSSR count). The van der Waals surface area contributed by atoms with Crippen molar-refractivity contribution in [2.24, 2.45) is 5.92 Å². The summed E-state index contributed by atoms with van der Waals surface area (Å²) < 4.78 is 0. The van der Waals surface area contributed by atoms with Crippen LogP contribution in [0.4, 0.5) is 0 Å². The van der Waals surface area contributed by atoms with Crippen molar-refractivity contribution in [2.45, 2.75) is 130 Å². The summed E-state index contributed by atoms with van der Waals surface area (Å²) in [4.78, 5) is 5.05. The molecule has 0 spiro atoms. The van der Waals surface area contributed by atoms with Crippen LogP contribution in [0.5, 0.6) is 0 Å². The number of hydrogen-bond donors (Lipinski definition) is 0. The minimum atomic E-state index is 0.585. The van der Waals surface area contributed by atoms with Crippen LogP contribution in [0, 0.1) is 5.92 Å². The Morgan fingerprint density at radius 1 is 0.593 bits per heavy atom. The third-order valence-electron chi connectivity index (χ3n) is 6.11. The summed E-state index contributed by atoms with van der Waals surface area (Å²) in [5.74, 6) is 0.691. The molecule has 27 heavy (non-hydrogen) atoms. The summed E-state index contributed by atoms with van der Waals surface area (Å²) in [7, 11) is 0. The van der Waals surface area contributed by atoms with E-state index in [9.17, 15) is 0 Å². The van der Waals surface area contributed by atoms with Crippen molar-refractivity contribution >= 4 is 0 Å². The van der Waals surface area contributed by atoms with E-state index in [2.05, 4.69) is 49.9 Å². The number of rotatable bonds is 18. The molecule has 0 aromatic carbocycles. The molecule has 0 fully saturated rings. The molecular formula is C25H50N2. The lowest BCUT2D eigenvalue weighted by Gasteiger charge is -2.35. The fourth-order valence-corrected chi connectivity index (χ4v) is 4.47. The molecule has 1 aliphatic rings. The van der Waals surface area contributed by atoms with Gasteiger partial charge in [-0.15, -0.1) is 0 Å². The zero-order valence-electron chi connectivity index (χ0n) is 19.2. The zero-order valence-corrected chi connectivity index (χ0v) is 19.2. The summed E-state index contributed by atoms with van der Waals surface area (Å²) in [5, 5.41) is 0. The second-order valence-electron chi connectivity index (χ2n) is 8.97. The molecule has 0 bridgehead atoms. The van der Waals surface area contributed by atoms with Gasteiger partial charge in [0, 0.05) is 25.5 Å². The van der Waals surface area contributed by atoms with E-state index < -0.39 is 0 Å². The highest BCUT2D eigenvalue weighted by Crippen LogP contribution is 2.23. The van der Waals surface area contributed by atoms with Crippen LogP contribution in [-0.4, -0.2) is 29.1 Å². The van der Waals surface area contributed by atoms with Crippen LogP contribution >= 0.6 is 0 Å². The summed E-state index contributed by atoms with van der Waals surface area (Å²) in [5.41, 5.74) is 0. The van der Waals surface area contributed by atoms with Crippen molar-refractivity contribution in [1.29, 1.82) is 0 Å². The van der Waals surface area contributed by atoms with Gasteiger partial charge in [0.2, 0.25) is 0 Å². The van der Waals surface area contributed by atoms with E-state index in [0.29, 0.717) is 12.1 Å². The Morgan fingerprint density at radius 2 is 1.00 bits per heavy atom. The third kappa shape index (κ3) is 11.1. The first-order valence-electron chi connectivity index (χ1n) is 12.4. The largest absolute Gasteiger partial charge is 0.356 e. The molecule has 0 saturated heterocycles. The highest BCUT2D eigenvalue weighted by molar-refractivity contribution is 4.97. The molecule has 2 heteroatoms. The Hall–Kier alpha value is -0.660. The molecule has 2 nitrogen and oxygen atoms in total. The van der Waals surface area contributed by atoms with Gasteiger partial charge < -0.3 is 9.80 Å².